The van der Waals surface area contributed by atoms with Crippen molar-refractivity contribution in [2.24, 2.45) is 0 Å². The highest BCUT2D eigenvalue weighted by atomic mass is 35.5. The van der Waals surface area contributed by atoms with Crippen molar-refractivity contribution >= 4 is 39.1 Å². The molecule has 0 aromatic heterocycles. The molecule has 31 heavy (non-hydrogen) atoms. The normalized spacial score (nSPS) is 19.9. The van der Waals surface area contributed by atoms with Crippen LogP contribution >= 0.6 is 23.2 Å². The predicted molar refractivity (Wildman–Crippen MR) is 122 cm³/mol. The second kappa shape index (κ2) is 9.88. The Hall–Kier alpha value is -1.64. The van der Waals surface area contributed by atoms with Gasteiger partial charge in [-0.25, -0.2) is 8.42 Å². The number of ether oxygens (including phenoxy) is 1. The van der Waals surface area contributed by atoms with Crippen molar-refractivity contribution in [3.8, 4) is 0 Å². The van der Waals surface area contributed by atoms with Gasteiger partial charge < -0.3 is 9.64 Å². The molecule has 1 heterocycles. The molecule has 2 atom stereocenters. The van der Waals surface area contributed by atoms with Crippen molar-refractivity contribution in [2.45, 2.75) is 44.4 Å². The van der Waals surface area contributed by atoms with Crippen LogP contribution in [0, 0.1) is 0 Å². The summed E-state index contributed by atoms with van der Waals surface area (Å²) in [5.74, 6) is -0.189. The van der Waals surface area contributed by atoms with Crippen LogP contribution in [-0.4, -0.2) is 55.4 Å². The molecule has 1 aliphatic rings. The van der Waals surface area contributed by atoms with Crippen molar-refractivity contribution in [1.29, 1.82) is 0 Å². The predicted octanol–water partition coefficient (Wildman–Crippen LogP) is 4.45. The number of carbonyl (C=O) groups excluding carboxylic acids is 1. The summed E-state index contributed by atoms with van der Waals surface area (Å²) in [6.45, 7) is 7.06. The summed E-state index contributed by atoms with van der Waals surface area (Å²) >= 11 is 12.0. The molecule has 168 valence electrons. The molecule has 1 fully saturated rings. The van der Waals surface area contributed by atoms with Gasteiger partial charge in [0.1, 0.15) is 0 Å². The fourth-order valence-electron chi connectivity index (χ4n) is 3.61. The van der Waals surface area contributed by atoms with E-state index in [-0.39, 0.29) is 23.0 Å². The molecule has 3 rings (SSSR count). The Balaban J connectivity index is 1.76. The SMILES string of the molecule is CCN(Cc1ccc(Cl)c(Cl)c1)C(=O)c1ccc(S(=O)(=O)N2CC(C)OC(C)C2)cc1. The van der Waals surface area contributed by atoms with Crippen LogP contribution in [0.1, 0.15) is 36.7 Å². The molecule has 9 heteroatoms. The van der Waals surface area contributed by atoms with Crippen LogP contribution < -0.4 is 0 Å². The summed E-state index contributed by atoms with van der Waals surface area (Å²) in [5.41, 5.74) is 1.28. The highest BCUT2D eigenvalue weighted by Crippen LogP contribution is 2.24. The van der Waals surface area contributed by atoms with Gasteiger partial charge in [0.15, 0.2) is 0 Å². The van der Waals surface area contributed by atoms with Crippen LogP contribution in [0.4, 0.5) is 0 Å². The van der Waals surface area contributed by atoms with Gasteiger partial charge in [-0.3, -0.25) is 4.79 Å². The first-order valence-corrected chi connectivity index (χ1v) is 12.3. The van der Waals surface area contributed by atoms with Crippen LogP contribution in [0.15, 0.2) is 47.4 Å². The first kappa shape index (κ1) is 24.0. The molecule has 1 saturated heterocycles. The molecule has 0 N–H and O–H groups in total. The van der Waals surface area contributed by atoms with Crippen molar-refractivity contribution in [2.75, 3.05) is 19.6 Å². The van der Waals surface area contributed by atoms with Crippen molar-refractivity contribution in [3.05, 3.63) is 63.6 Å². The monoisotopic (exact) mass is 484 g/mol. The highest BCUT2D eigenvalue weighted by molar-refractivity contribution is 7.89. The minimum absolute atomic E-state index is 0.165. The van der Waals surface area contributed by atoms with Crippen molar-refractivity contribution in [3.63, 3.8) is 0 Å². The molecule has 2 aromatic rings. The van der Waals surface area contributed by atoms with Crippen LogP contribution in [0.5, 0.6) is 0 Å². The number of sulfonamides is 1. The van der Waals surface area contributed by atoms with Gasteiger partial charge in [-0.05, 0) is 62.7 Å². The maximum atomic E-state index is 13.0. The Morgan fingerprint density at radius 2 is 1.68 bits per heavy atom. The number of nitrogens with zero attached hydrogens (tertiary/aromatic N) is 2. The average molecular weight is 485 g/mol. The average Bonchev–Trinajstić information content (AvgIpc) is 2.73. The fraction of sp³-hybridized carbons (Fsp3) is 0.409. The zero-order chi connectivity index (χ0) is 22.8. The number of rotatable bonds is 6. The Bertz CT molecular complexity index is 1030. The van der Waals surface area contributed by atoms with Gasteiger partial charge in [0.25, 0.3) is 5.91 Å². The lowest BCUT2D eigenvalue weighted by Crippen LogP contribution is -2.48. The lowest BCUT2D eigenvalue weighted by Gasteiger charge is -2.34. The van der Waals surface area contributed by atoms with Gasteiger partial charge in [-0.2, -0.15) is 4.31 Å². The van der Waals surface area contributed by atoms with Crippen molar-refractivity contribution in [1.82, 2.24) is 9.21 Å². The molecule has 1 amide bonds. The van der Waals surface area contributed by atoms with E-state index in [9.17, 15) is 13.2 Å². The summed E-state index contributed by atoms with van der Waals surface area (Å²) < 4.78 is 33.1. The molecule has 1 aliphatic heterocycles. The van der Waals surface area contributed by atoms with E-state index in [0.29, 0.717) is 41.8 Å². The van der Waals surface area contributed by atoms with Crippen LogP contribution in [-0.2, 0) is 21.3 Å². The number of hydrogen-bond acceptors (Lipinski definition) is 4. The third-order valence-electron chi connectivity index (χ3n) is 5.15. The summed E-state index contributed by atoms with van der Waals surface area (Å²) in [5, 5.41) is 0.893. The fourth-order valence-corrected chi connectivity index (χ4v) is 5.52. The van der Waals surface area contributed by atoms with E-state index in [1.807, 2.05) is 26.8 Å². The van der Waals surface area contributed by atoms with Gasteiger partial charge in [-0.15, -0.1) is 0 Å². The summed E-state index contributed by atoms with van der Waals surface area (Å²) in [6.07, 6.45) is -0.335. The van der Waals surface area contributed by atoms with Gasteiger partial charge in [0, 0.05) is 31.7 Å². The number of amides is 1. The lowest BCUT2D eigenvalue weighted by atomic mass is 10.1. The van der Waals surface area contributed by atoms with E-state index >= 15 is 0 Å². The Labute approximate surface area is 193 Å². The quantitative estimate of drug-likeness (QED) is 0.606. The maximum absolute atomic E-state index is 13.0. The van der Waals surface area contributed by atoms with E-state index in [1.165, 1.54) is 16.4 Å². The highest BCUT2D eigenvalue weighted by Gasteiger charge is 2.32. The number of benzene rings is 2. The summed E-state index contributed by atoms with van der Waals surface area (Å²) in [7, 11) is -3.65. The zero-order valence-corrected chi connectivity index (χ0v) is 20.0. The number of morpholine rings is 1. The standard InChI is InChI=1S/C22H26Cl2N2O4S/c1-4-25(14-17-5-10-20(23)21(24)11-17)22(27)18-6-8-19(9-7-18)31(28,29)26-12-15(2)30-16(3)13-26/h5-11,15-16H,4,12-14H2,1-3H3. The van der Waals surface area contributed by atoms with Gasteiger partial charge in [0.05, 0.1) is 27.1 Å². The molecular formula is C22H26Cl2N2O4S. The van der Waals surface area contributed by atoms with Crippen LogP contribution in [0.25, 0.3) is 0 Å². The zero-order valence-electron chi connectivity index (χ0n) is 17.7. The maximum Gasteiger partial charge on any atom is 0.254 e. The minimum atomic E-state index is -3.65. The van der Waals surface area contributed by atoms with Gasteiger partial charge in [-0.1, -0.05) is 29.3 Å². The summed E-state index contributed by atoms with van der Waals surface area (Å²) in [6, 6.07) is 11.3. The molecule has 0 aliphatic carbocycles. The summed E-state index contributed by atoms with van der Waals surface area (Å²) in [4.78, 5) is 14.8. The molecule has 0 radical (unpaired) electrons. The Morgan fingerprint density at radius 3 is 2.23 bits per heavy atom. The molecule has 2 aromatic carbocycles. The first-order chi connectivity index (χ1) is 14.6. The van der Waals surface area contributed by atoms with E-state index < -0.39 is 10.0 Å². The molecule has 0 spiro atoms. The second-order valence-corrected chi connectivity index (χ2v) is 10.4. The third-order valence-corrected chi connectivity index (χ3v) is 7.74. The van der Waals surface area contributed by atoms with E-state index in [1.54, 1.807) is 29.2 Å². The van der Waals surface area contributed by atoms with Crippen molar-refractivity contribution < 1.29 is 17.9 Å². The number of halogens is 2. The third kappa shape index (κ3) is 5.59. The molecule has 0 saturated carbocycles. The molecule has 2 unspecified atom stereocenters. The topological polar surface area (TPSA) is 66.9 Å². The molecular weight excluding hydrogens is 459 g/mol. The minimum Gasteiger partial charge on any atom is -0.373 e. The Kier molecular flexibility index (Phi) is 7.65. The first-order valence-electron chi connectivity index (χ1n) is 10.1. The molecule has 6 nitrogen and oxygen atoms in total. The molecule has 0 bridgehead atoms. The van der Waals surface area contributed by atoms with E-state index in [4.69, 9.17) is 27.9 Å². The van der Waals surface area contributed by atoms with E-state index in [2.05, 4.69) is 0 Å². The lowest BCUT2D eigenvalue weighted by molar-refractivity contribution is -0.0440. The van der Waals surface area contributed by atoms with E-state index in [0.717, 1.165) is 5.56 Å². The van der Waals surface area contributed by atoms with Crippen LogP contribution in [0.3, 0.4) is 0 Å². The largest absolute Gasteiger partial charge is 0.373 e. The van der Waals surface area contributed by atoms with Gasteiger partial charge in [0.2, 0.25) is 10.0 Å². The second-order valence-electron chi connectivity index (χ2n) is 7.67. The Morgan fingerprint density at radius 1 is 1.06 bits per heavy atom. The number of hydrogen-bond donors (Lipinski definition) is 0. The number of carbonyl (C=O) groups is 1. The van der Waals surface area contributed by atoms with Gasteiger partial charge >= 0.3 is 0 Å². The van der Waals surface area contributed by atoms with Crippen LogP contribution in [0.2, 0.25) is 10.0 Å². The smallest absolute Gasteiger partial charge is 0.254 e.